The molecule has 3 aromatic rings. The number of benzene rings is 3. The molecule has 0 spiro atoms. The molecule has 0 aliphatic heterocycles. The summed E-state index contributed by atoms with van der Waals surface area (Å²) in [5.41, 5.74) is 2.09. The quantitative estimate of drug-likeness (QED) is 0.385. The van der Waals surface area contributed by atoms with Crippen LogP contribution < -0.4 is 4.18 Å². The lowest BCUT2D eigenvalue weighted by Gasteiger charge is -2.25. The first-order valence-corrected chi connectivity index (χ1v) is 12.8. The first-order chi connectivity index (χ1) is 16.2. The molecule has 178 valence electrons. The third-order valence-electron chi connectivity index (χ3n) is 5.84. The molecular weight excluding hydrogens is 453 g/mol. The fraction of sp³-hybridized carbons (Fsp3) is 0.296. The second-order valence-corrected chi connectivity index (χ2v) is 10.7. The van der Waals surface area contributed by atoms with Gasteiger partial charge in [-0.05, 0) is 65.8 Å². The minimum atomic E-state index is -4.06. The van der Waals surface area contributed by atoms with Gasteiger partial charge in [-0.25, -0.2) is 4.39 Å². The summed E-state index contributed by atoms with van der Waals surface area (Å²) in [5, 5.41) is 0. The van der Waals surface area contributed by atoms with Crippen LogP contribution in [0.25, 0.3) is 0 Å². The van der Waals surface area contributed by atoms with Gasteiger partial charge in [-0.1, -0.05) is 56.3 Å². The highest BCUT2D eigenvalue weighted by atomic mass is 32.2. The van der Waals surface area contributed by atoms with Gasteiger partial charge in [0, 0.05) is 19.0 Å². The molecule has 0 heterocycles. The Morgan fingerprint density at radius 3 is 2.26 bits per heavy atom. The molecule has 0 bridgehead atoms. The molecule has 7 heteroatoms. The molecule has 1 fully saturated rings. The number of hydrogen-bond donors (Lipinski definition) is 0. The van der Waals surface area contributed by atoms with Crippen LogP contribution in [0.15, 0.2) is 83.8 Å². The maximum atomic E-state index is 13.3. The predicted octanol–water partition coefficient (Wildman–Crippen LogP) is 5.38. The summed E-state index contributed by atoms with van der Waals surface area (Å²) in [6, 6.07) is 21.3. The van der Waals surface area contributed by atoms with Crippen molar-refractivity contribution in [3.8, 4) is 5.75 Å². The number of rotatable bonds is 9. The maximum Gasteiger partial charge on any atom is 0.339 e. The van der Waals surface area contributed by atoms with E-state index in [1.54, 1.807) is 24.3 Å². The zero-order chi connectivity index (χ0) is 24.3. The molecule has 0 N–H and O–H groups in total. The number of hydrogen-bond acceptors (Lipinski definition) is 4. The van der Waals surface area contributed by atoms with E-state index in [1.807, 2.05) is 23.1 Å². The Morgan fingerprint density at radius 1 is 1.00 bits per heavy atom. The Kier molecular flexibility index (Phi) is 7.03. The van der Waals surface area contributed by atoms with E-state index in [2.05, 4.69) is 26.0 Å². The molecule has 1 saturated carbocycles. The van der Waals surface area contributed by atoms with Crippen LogP contribution in [0.5, 0.6) is 5.75 Å². The highest BCUT2D eigenvalue weighted by molar-refractivity contribution is 7.87. The summed E-state index contributed by atoms with van der Waals surface area (Å²) >= 11 is 0. The fourth-order valence-corrected chi connectivity index (χ4v) is 5.02. The second kappa shape index (κ2) is 9.97. The second-order valence-electron chi connectivity index (χ2n) is 9.11. The molecule has 1 aliphatic rings. The largest absolute Gasteiger partial charge is 0.379 e. The number of halogens is 1. The maximum absolute atomic E-state index is 13.3. The topological polar surface area (TPSA) is 63.7 Å². The summed E-state index contributed by atoms with van der Waals surface area (Å²) in [7, 11) is -4.06. The van der Waals surface area contributed by atoms with Crippen molar-refractivity contribution in [1.29, 1.82) is 0 Å². The average Bonchev–Trinajstić information content (AvgIpc) is 3.61. The van der Waals surface area contributed by atoms with Crippen LogP contribution in [0.4, 0.5) is 4.39 Å². The van der Waals surface area contributed by atoms with E-state index in [0.29, 0.717) is 19.0 Å². The molecule has 2 unspecified atom stereocenters. The minimum absolute atomic E-state index is 0.00427. The minimum Gasteiger partial charge on any atom is -0.379 e. The lowest BCUT2D eigenvalue weighted by molar-refractivity contribution is -0.133. The Morgan fingerprint density at radius 2 is 1.65 bits per heavy atom. The van der Waals surface area contributed by atoms with Crippen molar-refractivity contribution < 1.29 is 21.8 Å². The third kappa shape index (κ3) is 5.83. The summed E-state index contributed by atoms with van der Waals surface area (Å²) in [4.78, 5) is 15.0. The van der Waals surface area contributed by atoms with Gasteiger partial charge < -0.3 is 9.08 Å². The van der Waals surface area contributed by atoms with E-state index in [4.69, 9.17) is 4.18 Å². The van der Waals surface area contributed by atoms with Crippen molar-refractivity contribution in [2.75, 3.05) is 6.54 Å². The van der Waals surface area contributed by atoms with Crippen LogP contribution in [-0.4, -0.2) is 25.8 Å². The van der Waals surface area contributed by atoms with Gasteiger partial charge in [-0.3, -0.25) is 4.79 Å². The monoisotopic (exact) mass is 481 g/mol. The first-order valence-electron chi connectivity index (χ1n) is 11.4. The summed E-state index contributed by atoms with van der Waals surface area (Å²) in [6.07, 6.45) is 0.867. The molecule has 0 radical (unpaired) electrons. The van der Waals surface area contributed by atoms with Crippen LogP contribution in [0, 0.1) is 17.7 Å². The molecule has 34 heavy (non-hydrogen) atoms. The number of nitrogens with zero attached hydrogens (tertiary/aromatic N) is 1. The number of carbonyl (C=O) groups is 1. The van der Waals surface area contributed by atoms with E-state index in [0.717, 1.165) is 36.2 Å². The Labute approximate surface area is 200 Å². The summed E-state index contributed by atoms with van der Waals surface area (Å²) < 4.78 is 43.1. The van der Waals surface area contributed by atoms with Crippen molar-refractivity contribution in [2.45, 2.75) is 37.6 Å². The highest BCUT2D eigenvalue weighted by Crippen LogP contribution is 2.48. The molecule has 0 saturated heterocycles. The van der Waals surface area contributed by atoms with E-state index >= 15 is 0 Å². The van der Waals surface area contributed by atoms with Gasteiger partial charge in [-0.2, -0.15) is 8.42 Å². The lowest BCUT2D eigenvalue weighted by atomic mass is 10.1. The molecule has 3 aromatic carbocycles. The Hall–Kier alpha value is -3.19. The normalized spacial score (nSPS) is 17.4. The molecule has 1 amide bonds. The number of amides is 1. The zero-order valence-electron chi connectivity index (χ0n) is 19.2. The van der Waals surface area contributed by atoms with Crippen molar-refractivity contribution in [2.24, 2.45) is 11.8 Å². The summed E-state index contributed by atoms with van der Waals surface area (Å²) in [6.45, 7) is 5.26. The average molecular weight is 482 g/mol. The van der Waals surface area contributed by atoms with Crippen LogP contribution in [0.3, 0.4) is 0 Å². The number of carbonyl (C=O) groups excluding carboxylic acids is 1. The standard InChI is InChI=1S/C27H28FNO4S/c1-19(2)17-29(27(30)26-16-25(26)21-6-4-3-5-7-21)18-20-8-12-23(13-9-20)33-34(31,32)24-14-10-22(28)11-15-24/h3-15,19,25-26H,16-18H2,1-2H3. The Bertz CT molecular complexity index is 1230. The van der Waals surface area contributed by atoms with Crippen LogP contribution in [0.2, 0.25) is 0 Å². The van der Waals surface area contributed by atoms with E-state index < -0.39 is 15.9 Å². The molecule has 0 aromatic heterocycles. The van der Waals surface area contributed by atoms with Crippen molar-refractivity contribution in [3.05, 3.63) is 95.8 Å². The van der Waals surface area contributed by atoms with E-state index in [9.17, 15) is 17.6 Å². The smallest absolute Gasteiger partial charge is 0.339 e. The SMILES string of the molecule is CC(C)CN(Cc1ccc(OS(=O)(=O)c2ccc(F)cc2)cc1)C(=O)C1CC1c1ccccc1. The van der Waals surface area contributed by atoms with Crippen LogP contribution >= 0.6 is 0 Å². The van der Waals surface area contributed by atoms with Gasteiger partial charge in [0.05, 0.1) is 0 Å². The zero-order valence-corrected chi connectivity index (χ0v) is 20.0. The molecule has 4 rings (SSSR count). The Balaban J connectivity index is 1.42. The van der Waals surface area contributed by atoms with Gasteiger partial charge >= 0.3 is 10.1 Å². The van der Waals surface area contributed by atoms with E-state index in [-0.39, 0.29) is 28.4 Å². The molecule has 1 aliphatic carbocycles. The van der Waals surface area contributed by atoms with Gasteiger partial charge in [0.15, 0.2) is 0 Å². The van der Waals surface area contributed by atoms with Crippen molar-refractivity contribution in [3.63, 3.8) is 0 Å². The molecular formula is C27H28FNO4S. The predicted molar refractivity (Wildman–Crippen MR) is 128 cm³/mol. The first kappa shape index (κ1) is 24.0. The van der Waals surface area contributed by atoms with Gasteiger partial charge in [-0.15, -0.1) is 0 Å². The van der Waals surface area contributed by atoms with Gasteiger partial charge in [0.25, 0.3) is 0 Å². The van der Waals surface area contributed by atoms with Crippen LogP contribution in [0.1, 0.15) is 37.3 Å². The fourth-order valence-electron chi connectivity index (χ4n) is 4.09. The van der Waals surface area contributed by atoms with Crippen molar-refractivity contribution in [1.82, 2.24) is 4.90 Å². The highest BCUT2D eigenvalue weighted by Gasteiger charge is 2.45. The summed E-state index contributed by atoms with van der Waals surface area (Å²) in [5.74, 6) is 0.384. The van der Waals surface area contributed by atoms with E-state index in [1.165, 1.54) is 5.56 Å². The van der Waals surface area contributed by atoms with Gasteiger partial charge in [0.1, 0.15) is 16.5 Å². The van der Waals surface area contributed by atoms with Crippen LogP contribution in [-0.2, 0) is 21.5 Å². The third-order valence-corrected chi connectivity index (χ3v) is 7.10. The van der Waals surface area contributed by atoms with Gasteiger partial charge in [0.2, 0.25) is 5.91 Å². The molecule has 5 nitrogen and oxygen atoms in total. The van der Waals surface area contributed by atoms with Crippen molar-refractivity contribution >= 4 is 16.0 Å². The molecule has 2 atom stereocenters. The lowest BCUT2D eigenvalue weighted by Crippen LogP contribution is -2.35.